The molecule has 1 aromatic rings. The largest absolute Gasteiger partial charge is 0.384 e. The van der Waals surface area contributed by atoms with Gasteiger partial charge in [-0.3, -0.25) is 0 Å². The Hall–Kier alpha value is -1.11. The summed E-state index contributed by atoms with van der Waals surface area (Å²) in [5.41, 5.74) is 0.651. The molecule has 1 fully saturated rings. The first-order valence-corrected chi connectivity index (χ1v) is 8.55. The lowest BCUT2D eigenvalue weighted by Crippen LogP contribution is -2.34. The van der Waals surface area contributed by atoms with Crippen LogP contribution in [0.5, 0.6) is 0 Å². The summed E-state index contributed by atoms with van der Waals surface area (Å²) < 4.78 is 27.3. The van der Waals surface area contributed by atoms with Gasteiger partial charge in [-0.1, -0.05) is 12.1 Å². The lowest BCUT2D eigenvalue weighted by molar-refractivity contribution is 0.329. The van der Waals surface area contributed by atoms with Gasteiger partial charge in [-0.2, -0.15) is 0 Å². The molecular weight excluding hydrogens is 274 g/mol. The summed E-state index contributed by atoms with van der Waals surface area (Å²) >= 11 is 0. The summed E-state index contributed by atoms with van der Waals surface area (Å²) in [7, 11) is -1.41. The molecule has 0 amide bonds. The Morgan fingerprint density at radius 2 is 2.00 bits per heavy atom. The van der Waals surface area contributed by atoms with Crippen LogP contribution in [0.25, 0.3) is 0 Å². The number of para-hydroxylation sites is 1. The van der Waals surface area contributed by atoms with Crippen molar-refractivity contribution in [2.24, 2.45) is 0 Å². The molecule has 0 bridgehead atoms. The number of likely N-dealkylation sites (N-methyl/N-ethyl adjacent to an activating group) is 1. The number of nitrogens with one attached hydrogen (secondary N) is 2. The molecule has 1 saturated carbocycles. The molecule has 1 aliphatic carbocycles. The lowest BCUT2D eigenvalue weighted by atomic mass is 10.3. The van der Waals surface area contributed by atoms with Crippen LogP contribution in [0.15, 0.2) is 29.2 Å². The maximum atomic E-state index is 12.3. The molecule has 0 heterocycles. The second kappa shape index (κ2) is 6.56. The normalized spacial score (nSPS) is 15.6. The molecule has 6 heteroatoms. The molecule has 2 N–H and O–H groups in total. The summed E-state index contributed by atoms with van der Waals surface area (Å²) in [6.45, 7) is 3.82. The SMILES string of the molecule is CCNc1ccccc1S(=O)(=O)NCCN(C)C1CC1. The molecule has 0 aromatic heterocycles. The van der Waals surface area contributed by atoms with E-state index in [0.717, 1.165) is 6.54 Å². The molecule has 0 unspecified atom stereocenters. The topological polar surface area (TPSA) is 61.4 Å². The monoisotopic (exact) mass is 297 g/mol. The molecule has 112 valence electrons. The smallest absolute Gasteiger partial charge is 0.242 e. The van der Waals surface area contributed by atoms with Crippen molar-refractivity contribution in [3.63, 3.8) is 0 Å². The molecule has 0 radical (unpaired) electrons. The number of sulfonamides is 1. The molecule has 2 rings (SSSR count). The molecule has 0 saturated heterocycles. The highest BCUT2D eigenvalue weighted by molar-refractivity contribution is 7.89. The zero-order chi connectivity index (χ0) is 14.6. The minimum atomic E-state index is -3.45. The highest BCUT2D eigenvalue weighted by Gasteiger charge is 2.26. The van der Waals surface area contributed by atoms with Crippen molar-refractivity contribution in [2.75, 3.05) is 32.0 Å². The zero-order valence-electron chi connectivity index (χ0n) is 12.1. The fourth-order valence-corrected chi connectivity index (χ4v) is 3.37. The van der Waals surface area contributed by atoms with E-state index in [9.17, 15) is 8.42 Å². The van der Waals surface area contributed by atoms with E-state index in [-0.39, 0.29) is 0 Å². The van der Waals surface area contributed by atoms with Crippen molar-refractivity contribution in [3.05, 3.63) is 24.3 Å². The number of anilines is 1. The summed E-state index contributed by atoms with van der Waals surface area (Å²) in [5.74, 6) is 0. The first-order chi connectivity index (χ1) is 9.54. The van der Waals surface area contributed by atoms with Crippen LogP contribution in [0, 0.1) is 0 Å². The second-order valence-corrected chi connectivity index (χ2v) is 6.87. The second-order valence-electron chi connectivity index (χ2n) is 5.14. The molecule has 1 aliphatic rings. The van der Waals surface area contributed by atoms with Crippen molar-refractivity contribution < 1.29 is 8.42 Å². The fourth-order valence-electron chi connectivity index (χ4n) is 2.17. The molecule has 0 atom stereocenters. The number of hydrogen-bond acceptors (Lipinski definition) is 4. The van der Waals surface area contributed by atoms with Gasteiger partial charge in [0, 0.05) is 25.7 Å². The van der Waals surface area contributed by atoms with E-state index in [1.54, 1.807) is 18.2 Å². The van der Waals surface area contributed by atoms with Crippen LogP contribution >= 0.6 is 0 Å². The maximum absolute atomic E-state index is 12.3. The number of benzene rings is 1. The average molecular weight is 297 g/mol. The third-order valence-electron chi connectivity index (χ3n) is 3.47. The molecule has 0 aliphatic heterocycles. The number of nitrogens with zero attached hydrogens (tertiary/aromatic N) is 1. The quantitative estimate of drug-likeness (QED) is 0.763. The summed E-state index contributed by atoms with van der Waals surface area (Å²) in [4.78, 5) is 2.52. The van der Waals surface area contributed by atoms with Gasteiger partial charge in [-0.05, 0) is 38.9 Å². The van der Waals surface area contributed by atoms with Crippen molar-refractivity contribution in [2.45, 2.75) is 30.7 Å². The highest BCUT2D eigenvalue weighted by Crippen LogP contribution is 2.25. The lowest BCUT2D eigenvalue weighted by Gasteiger charge is -2.16. The van der Waals surface area contributed by atoms with Gasteiger partial charge in [0.05, 0.1) is 5.69 Å². The van der Waals surface area contributed by atoms with Gasteiger partial charge in [0.25, 0.3) is 0 Å². The Morgan fingerprint density at radius 1 is 1.30 bits per heavy atom. The predicted molar refractivity (Wildman–Crippen MR) is 81.4 cm³/mol. The van der Waals surface area contributed by atoms with Gasteiger partial charge in [0.15, 0.2) is 0 Å². The summed E-state index contributed by atoms with van der Waals surface area (Å²) in [6, 6.07) is 7.64. The molecule has 1 aromatic carbocycles. The molecule has 20 heavy (non-hydrogen) atoms. The van der Waals surface area contributed by atoms with Gasteiger partial charge in [-0.15, -0.1) is 0 Å². The minimum absolute atomic E-state index is 0.316. The first-order valence-electron chi connectivity index (χ1n) is 7.07. The van der Waals surface area contributed by atoms with Gasteiger partial charge in [0.1, 0.15) is 4.90 Å². The van der Waals surface area contributed by atoms with E-state index < -0.39 is 10.0 Å². The predicted octanol–water partition coefficient (Wildman–Crippen LogP) is 1.49. The van der Waals surface area contributed by atoms with E-state index in [1.165, 1.54) is 12.8 Å². The van der Waals surface area contributed by atoms with Crippen molar-refractivity contribution in [1.82, 2.24) is 9.62 Å². The third-order valence-corrected chi connectivity index (χ3v) is 4.99. The Kier molecular flexibility index (Phi) is 5.01. The van der Waals surface area contributed by atoms with E-state index in [2.05, 4.69) is 14.9 Å². The zero-order valence-corrected chi connectivity index (χ0v) is 12.9. The Balaban J connectivity index is 1.98. The van der Waals surface area contributed by atoms with Crippen LogP contribution in [0.2, 0.25) is 0 Å². The van der Waals surface area contributed by atoms with E-state index in [0.29, 0.717) is 29.7 Å². The molecule has 0 spiro atoms. The van der Waals surface area contributed by atoms with Crippen LogP contribution in [0.1, 0.15) is 19.8 Å². The standard InChI is InChI=1S/C14H23N3O2S/c1-3-15-13-6-4-5-7-14(13)20(18,19)16-10-11-17(2)12-8-9-12/h4-7,12,15-16H,3,8-11H2,1-2H3. The van der Waals surface area contributed by atoms with E-state index in [1.807, 2.05) is 20.0 Å². The highest BCUT2D eigenvalue weighted by atomic mass is 32.2. The summed E-state index contributed by atoms with van der Waals surface area (Å²) in [5, 5.41) is 3.08. The Morgan fingerprint density at radius 3 is 2.65 bits per heavy atom. The fraction of sp³-hybridized carbons (Fsp3) is 0.571. The molecule has 5 nitrogen and oxygen atoms in total. The van der Waals surface area contributed by atoms with Crippen LogP contribution in [-0.4, -0.2) is 46.0 Å². The van der Waals surface area contributed by atoms with Crippen LogP contribution < -0.4 is 10.0 Å². The van der Waals surface area contributed by atoms with Gasteiger partial charge in [0.2, 0.25) is 10.0 Å². The van der Waals surface area contributed by atoms with Crippen molar-refractivity contribution in [3.8, 4) is 0 Å². The maximum Gasteiger partial charge on any atom is 0.242 e. The Labute approximate surface area is 121 Å². The number of rotatable bonds is 8. The number of hydrogen-bond donors (Lipinski definition) is 2. The van der Waals surface area contributed by atoms with Gasteiger partial charge < -0.3 is 10.2 Å². The van der Waals surface area contributed by atoms with Crippen LogP contribution in [-0.2, 0) is 10.0 Å². The van der Waals surface area contributed by atoms with E-state index >= 15 is 0 Å². The first kappa shape index (κ1) is 15.3. The average Bonchev–Trinajstić information content (AvgIpc) is 3.23. The van der Waals surface area contributed by atoms with Crippen LogP contribution in [0.3, 0.4) is 0 Å². The minimum Gasteiger partial charge on any atom is -0.384 e. The Bertz CT molecular complexity index is 541. The molecular formula is C14H23N3O2S. The third kappa shape index (κ3) is 3.94. The van der Waals surface area contributed by atoms with Gasteiger partial charge >= 0.3 is 0 Å². The van der Waals surface area contributed by atoms with Gasteiger partial charge in [-0.25, -0.2) is 13.1 Å². The summed E-state index contributed by atoms with van der Waals surface area (Å²) in [6.07, 6.45) is 2.46. The van der Waals surface area contributed by atoms with Crippen LogP contribution in [0.4, 0.5) is 5.69 Å². The van der Waals surface area contributed by atoms with Crippen molar-refractivity contribution in [1.29, 1.82) is 0 Å². The van der Waals surface area contributed by atoms with Crippen molar-refractivity contribution >= 4 is 15.7 Å². The van der Waals surface area contributed by atoms with E-state index in [4.69, 9.17) is 0 Å².